The number of carboxylic acid groups (broad SMARTS) is 1. The molecular formula is C20H27N5O7. The fourth-order valence-corrected chi connectivity index (χ4v) is 3.45. The molecule has 1 aliphatic rings. The third-order valence-corrected chi connectivity index (χ3v) is 5.00. The van der Waals surface area contributed by atoms with Crippen molar-refractivity contribution in [2.45, 2.75) is 43.8 Å². The van der Waals surface area contributed by atoms with Crippen LogP contribution >= 0.6 is 0 Å². The second-order valence-corrected chi connectivity index (χ2v) is 7.51. The molecule has 0 bridgehead atoms. The van der Waals surface area contributed by atoms with Crippen LogP contribution in [0.3, 0.4) is 0 Å². The number of amides is 4. The number of benzene rings is 1. The van der Waals surface area contributed by atoms with Crippen molar-refractivity contribution in [3.8, 4) is 5.75 Å². The van der Waals surface area contributed by atoms with Gasteiger partial charge < -0.3 is 37.2 Å². The van der Waals surface area contributed by atoms with Gasteiger partial charge in [0.1, 0.15) is 24.4 Å². The van der Waals surface area contributed by atoms with Gasteiger partial charge in [-0.2, -0.15) is 0 Å². The molecule has 1 fully saturated rings. The second-order valence-electron chi connectivity index (χ2n) is 7.51. The van der Waals surface area contributed by atoms with E-state index < -0.39 is 54.3 Å². The lowest BCUT2D eigenvalue weighted by Gasteiger charge is -2.28. The number of carbonyl (C=O) groups excluding carboxylic acids is 4. The van der Waals surface area contributed by atoms with Gasteiger partial charge in [0.2, 0.25) is 23.6 Å². The largest absolute Gasteiger partial charge is 0.508 e. The number of carboxylic acids is 1. The lowest BCUT2D eigenvalue weighted by molar-refractivity contribution is -0.141. The molecule has 0 radical (unpaired) electrons. The molecule has 0 spiro atoms. The van der Waals surface area contributed by atoms with Crippen LogP contribution in [0.1, 0.15) is 24.8 Å². The smallest absolute Gasteiger partial charge is 0.322 e. The van der Waals surface area contributed by atoms with E-state index in [0.717, 1.165) is 0 Å². The van der Waals surface area contributed by atoms with Gasteiger partial charge >= 0.3 is 5.97 Å². The van der Waals surface area contributed by atoms with Gasteiger partial charge in [0.25, 0.3) is 0 Å². The van der Waals surface area contributed by atoms with E-state index in [4.69, 9.17) is 16.6 Å². The van der Waals surface area contributed by atoms with Gasteiger partial charge in [0.15, 0.2) is 0 Å². The number of aliphatic carboxylic acids is 1. The predicted molar refractivity (Wildman–Crippen MR) is 111 cm³/mol. The molecule has 12 nitrogen and oxygen atoms in total. The molecule has 0 aromatic heterocycles. The van der Waals surface area contributed by atoms with Crippen LogP contribution in [0.2, 0.25) is 0 Å². The maximum Gasteiger partial charge on any atom is 0.322 e. The van der Waals surface area contributed by atoms with Gasteiger partial charge in [-0.15, -0.1) is 0 Å². The SMILES string of the molecule is NC(=O)CC(N)C(=O)N1CCCC1C(=O)NC(Cc1ccc(O)cc1)C(=O)NCC(=O)O. The molecule has 12 heteroatoms. The van der Waals surface area contributed by atoms with E-state index in [1.165, 1.54) is 17.0 Å². The van der Waals surface area contributed by atoms with Crippen molar-refractivity contribution in [1.82, 2.24) is 15.5 Å². The summed E-state index contributed by atoms with van der Waals surface area (Å²) in [4.78, 5) is 61.1. The summed E-state index contributed by atoms with van der Waals surface area (Å²) in [6, 6.07) is 2.77. The number of nitrogens with two attached hydrogens (primary N) is 2. The minimum Gasteiger partial charge on any atom is -0.508 e. The second kappa shape index (κ2) is 11.1. The maximum atomic E-state index is 12.9. The molecular weight excluding hydrogens is 422 g/mol. The number of primary amides is 1. The van der Waals surface area contributed by atoms with Crippen LogP contribution < -0.4 is 22.1 Å². The molecule has 32 heavy (non-hydrogen) atoms. The van der Waals surface area contributed by atoms with E-state index in [9.17, 15) is 29.1 Å². The van der Waals surface area contributed by atoms with Gasteiger partial charge in [-0.3, -0.25) is 24.0 Å². The van der Waals surface area contributed by atoms with E-state index in [0.29, 0.717) is 18.4 Å². The Morgan fingerprint density at radius 1 is 1.16 bits per heavy atom. The van der Waals surface area contributed by atoms with Crippen molar-refractivity contribution < 1.29 is 34.2 Å². The Labute approximate surface area is 183 Å². The van der Waals surface area contributed by atoms with E-state index >= 15 is 0 Å². The molecule has 2 rings (SSSR count). The summed E-state index contributed by atoms with van der Waals surface area (Å²) in [5.41, 5.74) is 11.4. The molecule has 4 amide bonds. The first-order valence-electron chi connectivity index (χ1n) is 10.0. The minimum atomic E-state index is -1.25. The van der Waals surface area contributed by atoms with Gasteiger partial charge in [-0.05, 0) is 30.5 Å². The quantitative estimate of drug-likeness (QED) is 0.231. The van der Waals surface area contributed by atoms with Crippen LogP contribution in [0.4, 0.5) is 0 Å². The molecule has 8 N–H and O–H groups in total. The van der Waals surface area contributed by atoms with E-state index in [1.54, 1.807) is 12.1 Å². The highest BCUT2D eigenvalue weighted by molar-refractivity contribution is 5.95. The Hall–Kier alpha value is -3.67. The highest BCUT2D eigenvalue weighted by Crippen LogP contribution is 2.19. The van der Waals surface area contributed by atoms with Crippen LogP contribution in [0, 0.1) is 0 Å². The average molecular weight is 449 g/mol. The van der Waals surface area contributed by atoms with Crippen molar-refractivity contribution in [2.24, 2.45) is 11.5 Å². The van der Waals surface area contributed by atoms with Crippen LogP contribution in [0.5, 0.6) is 5.75 Å². The number of nitrogens with zero attached hydrogens (tertiary/aromatic N) is 1. The lowest BCUT2D eigenvalue weighted by Crippen LogP contribution is -2.56. The Kier molecular flexibility index (Phi) is 8.53. The van der Waals surface area contributed by atoms with E-state index in [2.05, 4.69) is 10.6 Å². The summed E-state index contributed by atoms with van der Waals surface area (Å²) in [5, 5.41) is 23.0. The molecule has 0 saturated carbocycles. The van der Waals surface area contributed by atoms with Crippen LogP contribution in [0.15, 0.2) is 24.3 Å². The zero-order chi connectivity index (χ0) is 23.8. The molecule has 1 aromatic rings. The summed E-state index contributed by atoms with van der Waals surface area (Å²) in [5.74, 6) is -3.87. The number of carbonyl (C=O) groups is 5. The highest BCUT2D eigenvalue weighted by Gasteiger charge is 2.37. The summed E-state index contributed by atoms with van der Waals surface area (Å²) in [6.45, 7) is -0.367. The topological polar surface area (TPSA) is 205 Å². The monoisotopic (exact) mass is 449 g/mol. The zero-order valence-corrected chi connectivity index (χ0v) is 17.3. The zero-order valence-electron chi connectivity index (χ0n) is 17.3. The van der Waals surface area contributed by atoms with Gasteiger partial charge in [0, 0.05) is 13.0 Å². The molecule has 3 unspecified atom stereocenters. The molecule has 3 atom stereocenters. The minimum absolute atomic E-state index is 0.0251. The standard InChI is InChI=1S/C20H27N5O7/c21-13(9-16(22)27)20(32)25-7-1-2-15(25)19(31)24-14(18(30)23-10-17(28)29)8-11-3-5-12(26)6-4-11/h3-6,13-15,26H,1-2,7-10,21H2,(H2,22,27)(H,23,30)(H,24,31)(H,28,29). The molecule has 1 heterocycles. The van der Waals surface area contributed by atoms with Crippen molar-refractivity contribution in [3.63, 3.8) is 0 Å². The van der Waals surface area contributed by atoms with Crippen molar-refractivity contribution in [2.75, 3.05) is 13.1 Å². The average Bonchev–Trinajstić information content (AvgIpc) is 3.21. The third kappa shape index (κ3) is 6.94. The first-order chi connectivity index (χ1) is 15.1. The number of phenols is 1. The summed E-state index contributed by atoms with van der Waals surface area (Å²) in [6.07, 6.45) is 0.536. The van der Waals surface area contributed by atoms with Crippen LogP contribution in [0.25, 0.3) is 0 Å². The Morgan fingerprint density at radius 3 is 2.41 bits per heavy atom. The van der Waals surface area contributed by atoms with Gasteiger partial charge in [-0.25, -0.2) is 0 Å². The van der Waals surface area contributed by atoms with E-state index in [1.807, 2.05) is 0 Å². The molecule has 1 saturated heterocycles. The number of rotatable bonds is 10. The van der Waals surface area contributed by atoms with E-state index in [-0.39, 0.29) is 25.1 Å². The Morgan fingerprint density at radius 2 is 1.81 bits per heavy atom. The Balaban J connectivity index is 2.13. The summed E-state index contributed by atoms with van der Waals surface area (Å²) >= 11 is 0. The maximum absolute atomic E-state index is 12.9. The number of phenolic OH excluding ortho intramolecular Hbond substituents is 1. The van der Waals surface area contributed by atoms with Gasteiger partial charge in [0.05, 0.1) is 12.5 Å². The third-order valence-electron chi connectivity index (χ3n) is 5.00. The molecule has 174 valence electrons. The van der Waals surface area contributed by atoms with Gasteiger partial charge in [-0.1, -0.05) is 12.1 Å². The number of hydrogen-bond donors (Lipinski definition) is 6. The normalized spacial score (nSPS) is 17.3. The van der Waals surface area contributed by atoms with Crippen molar-refractivity contribution >= 4 is 29.6 Å². The van der Waals surface area contributed by atoms with Crippen LogP contribution in [-0.2, 0) is 30.4 Å². The summed E-state index contributed by atoms with van der Waals surface area (Å²) < 4.78 is 0. The van der Waals surface area contributed by atoms with Crippen LogP contribution in [-0.4, -0.2) is 75.9 Å². The number of likely N-dealkylation sites (tertiary alicyclic amines) is 1. The number of hydrogen-bond acceptors (Lipinski definition) is 7. The van der Waals surface area contributed by atoms with Crippen molar-refractivity contribution in [1.29, 1.82) is 0 Å². The molecule has 0 aliphatic carbocycles. The first-order valence-corrected chi connectivity index (χ1v) is 10.0. The number of aromatic hydroxyl groups is 1. The fourth-order valence-electron chi connectivity index (χ4n) is 3.45. The molecule has 1 aliphatic heterocycles. The lowest BCUT2D eigenvalue weighted by atomic mass is 10.0. The Bertz CT molecular complexity index is 874. The predicted octanol–water partition coefficient (Wildman–Crippen LogP) is -2.19. The molecule has 1 aromatic carbocycles. The summed E-state index contributed by atoms with van der Waals surface area (Å²) in [7, 11) is 0. The highest BCUT2D eigenvalue weighted by atomic mass is 16.4. The first kappa shape index (κ1) is 24.6. The number of nitrogens with one attached hydrogen (secondary N) is 2. The van der Waals surface area contributed by atoms with Crippen molar-refractivity contribution in [3.05, 3.63) is 29.8 Å². The fraction of sp³-hybridized carbons (Fsp3) is 0.450.